The number of likely N-dealkylation sites (tertiary alicyclic amines) is 1. The Hall–Kier alpha value is -1.57. The smallest absolute Gasteiger partial charge is 0.252 e. The topological polar surface area (TPSA) is 56.1 Å². The Labute approximate surface area is 124 Å². The van der Waals surface area contributed by atoms with Gasteiger partial charge in [0.25, 0.3) is 5.91 Å². The molecule has 1 aliphatic rings. The third kappa shape index (κ3) is 3.12. The predicted octanol–water partition coefficient (Wildman–Crippen LogP) is 2.37. The summed E-state index contributed by atoms with van der Waals surface area (Å²) in [5.74, 6) is -0.203. The van der Waals surface area contributed by atoms with Crippen LogP contribution in [0.5, 0.6) is 0 Å². The van der Waals surface area contributed by atoms with Crippen molar-refractivity contribution >= 4 is 17.5 Å². The molecule has 1 heterocycles. The van der Waals surface area contributed by atoms with Crippen molar-refractivity contribution in [3.05, 3.63) is 34.3 Å². The Morgan fingerprint density at radius 3 is 2.65 bits per heavy atom. The molecular weight excluding hydrogens is 274 g/mol. The first-order valence-corrected chi connectivity index (χ1v) is 7.02. The minimum absolute atomic E-state index is 0.203. The summed E-state index contributed by atoms with van der Waals surface area (Å²) in [4.78, 5) is 14.5. The zero-order valence-corrected chi connectivity index (χ0v) is 12.5. The Morgan fingerprint density at radius 2 is 2.10 bits per heavy atom. The number of hydrogen-bond donors (Lipinski definition) is 1. The van der Waals surface area contributed by atoms with E-state index in [4.69, 9.17) is 11.6 Å². The van der Waals surface area contributed by atoms with E-state index in [9.17, 15) is 10.1 Å². The van der Waals surface area contributed by atoms with Crippen molar-refractivity contribution in [1.29, 1.82) is 5.26 Å². The molecule has 1 aliphatic heterocycles. The first kappa shape index (κ1) is 14.8. The molecule has 106 valence electrons. The van der Waals surface area contributed by atoms with Crippen molar-refractivity contribution in [3.8, 4) is 6.07 Å². The summed E-state index contributed by atoms with van der Waals surface area (Å²) in [5, 5.41) is 12.9. The maximum Gasteiger partial charge on any atom is 0.252 e. The van der Waals surface area contributed by atoms with Crippen molar-refractivity contribution in [1.82, 2.24) is 10.2 Å². The number of amides is 1. The molecule has 0 radical (unpaired) electrons. The standard InChI is InChI=1S/C15H18ClN3O/c1-11-9-12(16)3-4-13(11)14(20)18-15(10-17)5-7-19(2)8-6-15/h3-4,9H,5-8H2,1-2H3,(H,18,20). The molecule has 2 rings (SSSR count). The second kappa shape index (κ2) is 5.82. The fourth-order valence-corrected chi connectivity index (χ4v) is 2.66. The van der Waals surface area contributed by atoms with Crippen LogP contribution in [-0.4, -0.2) is 36.5 Å². The Bertz CT molecular complexity index is 557. The molecule has 20 heavy (non-hydrogen) atoms. The van der Waals surface area contributed by atoms with Crippen LogP contribution in [0.25, 0.3) is 0 Å². The number of nitrogens with zero attached hydrogens (tertiary/aromatic N) is 2. The fraction of sp³-hybridized carbons (Fsp3) is 0.467. The van der Waals surface area contributed by atoms with Crippen molar-refractivity contribution in [2.45, 2.75) is 25.3 Å². The lowest BCUT2D eigenvalue weighted by atomic mass is 9.88. The third-order valence-electron chi connectivity index (χ3n) is 3.84. The Kier molecular flexibility index (Phi) is 4.32. The SMILES string of the molecule is Cc1cc(Cl)ccc1C(=O)NC1(C#N)CCN(C)CC1. The van der Waals surface area contributed by atoms with Crippen LogP contribution < -0.4 is 5.32 Å². The molecule has 1 saturated heterocycles. The van der Waals surface area contributed by atoms with Crippen LogP contribution >= 0.6 is 11.6 Å². The third-order valence-corrected chi connectivity index (χ3v) is 4.08. The number of carbonyl (C=O) groups excluding carboxylic acids is 1. The lowest BCUT2D eigenvalue weighted by molar-refractivity contribution is 0.0881. The minimum atomic E-state index is -0.754. The van der Waals surface area contributed by atoms with Crippen LogP contribution in [0.1, 0.15) is 28.8 Å². The molecule has 5 heteroatoms. The van der Waals surface area contributed by atoms with Gasteiger partial charge in [0, 0.05) is 23.7 Å². The van der Waals surface area contributed by atoms with E-state index in [-0.39, 0.29) is 5.91 Å². The molecule has 0 saturated carbocycles. The van der Waals surface area contributed by atoms with Gasteiger partial charge in [0.05, 0.1) is 6.07 Å². The highest BCUT2D eigenvalue weighted by molar-refractivity contribution is 6.30. The second-order valence-corrected chi connectivity index (χ2v) is 5.85. The predicted molar refractivity (Wildman–Crippen MR) is 78.7 cm³/mol. The molecule has 0 unspecified atom stereocenters. The van der Waals surface area contributed by atoms with E-state index in [2.05, 4.69) is 16.3 Å². The zero-order chi connectivity index (χ0) is 14.8. The average molecular weight is 292 g/mol. The normalized spacial score (nSPS) is 18.3. The number of halogens is 1. The van der Waals surface area contributed by atoms with E-state index < -0.39 is 5.54 Å². The molecule has 0 spiro atoms. The van der Waals surface area contributed by atoms with E-state index >= 15 is 0 Å². The van der Waals surface area contributed by atoms with Crippen LogP contribution in [0.2, 0.25) is 5.02 Å². The fourth-order valence-electron chi connectivity index (χ4n) is 2.43. The summed E-state index contributed by atoms with van der Waals surface area (Å²) in [5.41, 5.74) is 0.634. The highest BCUT2D eigenvalue weighted by Gasteiger charge is 2.35. The van der Waals surface area contributed by atoms with Crippen molar-refractivity contribution in [3.63, 3.8) is 0 Å². The van der Waals surface area contributed by atoms with Gasteiger partial charge >= 0.3 is 0 Å². The number of hydrogen-bond acceptors (Lipinski definition) is 3. The summed E-state index contributed by atoms with van der Waals surface area (Å²) in [7, 11) is 2.02. The molecular formula is C15H18ClN3O. The summed E-state index contributed by atoms with van der Waals surface area (Å²) >= 11 is 5.89. The van der Waals surface area contributed by atoms with Crippen LogP contribution in [0.4, 0.5) is 0 Å². The van der Waals surface area contributed by atoms with E-state index in [1.54, 1.807) is 18.2 Å². The number of aryl methyl sites for hydroxylation is 1. The quantitative estimate of drug-likeness (QED) is 0.910. The molecule has 1 N–H and O–H groups in total. The Morgan fingerprint density at radius 1 is 1.45 bits per heavy atom. The number of nitrogens with one attached hydrogen (secondary N) is 1. The highest BCUT2D eigenvalue weighted by Crippen LogP contribution is 2.22. The van der Waals surface area contributed by atoms with Crippen LogP contribution in [0.15, 0.2) is 18.2 Å². The van der Waals surface area contributed by atoms with E-state index in [1.165, 1.54) is 0 Å². The molecule has 0 aromatic heterocycles. The number of benzene rings is 1. The van der Waals surface area contributed by atoms with Crippen LogP contribution in [0, 0.1) is 18.3 Å². The van der Waals surface area contributed by atoms with Gasteiger partial charge in [-0.3, -0.25) is 4.79 Å². The van der Waals surface area contributed by atoms with Gasteiger partial charge < -0.3 is 10.2 Å². The lowest BCUT2D eigenvalue weighted by Gasteiger charge is -2.36. The van der Waals surface area contributed by atoms with Gasteiger partial charge in [0.2, 0.25) is 0 Å². The monoisotopic (exact) mass is 291 g/mol. The molecule has 0 atom stereocenters. The maximum absolute atomic E-state index is 12.4. The molecule has 1 aromatic rings. The number of nitriles is 1. The first-order chi connectivity index (χ1) is 9.46. The number of piperidine rings is 1. The molecule has 0 bridgehead atoms. The zero-order valence-electron chi connectivity index (χ0n) is 11.7. The largest absolute Gasteiger partial charge is 0.334 e. The number of rotatable bonds is 2. The van der Waals surface area contributed by atoms with E-state index in [0.29, 0.717) is 23.4 Å². The Balaban J connectivity index is 2.16. The van der Waals surface area contributed by atoms with Gasteiger partial charge in [-0.2, -0.15) is 5.26 Å². The summed E-state index contributed by atoms with van der Waals surface area (Å²) in [6.07, 6.45) is 1.30. The van der Waals surface area contributed by atoms with Crippen molar-refractivity contribution in [2.75, 3.05) is 20.1 Å². The van der Waals surface area contributed by atoms with Gasteiger partial charge in [-0.25, -0.2) is 0 Å². The van der Waals surface area contributed by atoms with E-state index in [0.717, 1.165) is 18.7 Å². The summed E-state index contributed by atoms with van der Waals surface area (Å²) in [6.45, 7) is 3.47. The van der Waals surface area contributed by atoms with E-state index in [1.807, 2.05) is 14.0 Å². The molecule has 1 amide bonds. The van der Waals surface area contributed by atoms with Crippen molar-refractivity contribution < 1.29 is 4.79 Å². The minimum Gasteiger partial charge on any atom is -0.334 e. The molecule has 1 fully saturated rings. The van der Waals surface area contributed by atoms with Crippen molar-refractivity contribution in [2.24, 2.45) is 0 Å². The molecule has 1 aromatic carbocycles. The molecule has 4 nitrogen and oxygen atoms in total. The maximum atomic E-state index is 12.4. The van der Waals surface area contributed by atoms with Crippen LogP contribution in [-0.2, 0) is 0 Å². The van der Waals surface area contributed by atoms with Gasteiger partial charge in [0.1, 0.15) is 5.54 Å². The summed E-state index contributed by atoms with van der Waals surface area (Å²) in [6, 6.07) is 7.43. The van der Waals surface area contributed by atoms with Gasteiger partial charge in [-0.05, 0) is 50.6 Å². The van der Waals surface area contributed by atoms with Crippen LogP contribution in [0.3, 0.4) is 0 Å². The second-order valence-electron chi connectivity index (χ2n) is 5.41. The van der Waals surface area contributed by atoms with Gasteiger partial charge in [-0.1, -0.05) is 11.6 Å². The number of carbonyl (C=O) groups is 1. The lowest BCUT2D eigenvalue weighted by Crippen LogP contribution is -2.53. The molecule has 0 aliphatic carbocycles. The average Bonchev–Trinajstić information content (AvgIpc) is 2.41. The highest BCUT2D eigenvalue weighted by atomic mass is 35.5. The summed E-state index contributed by atoms with van der Waals surface area (Å²) < 4.78 is 0. The van der Waals surface area contributed by atoms with Gasteiger partial charge in [-0.15, -0.1) is 0 Å². The first-order valence-electron chi connectivity index (χ1n) is 6.64. The van der Waals surface area contributed by atoms with Gasteiger partial charge in [0.15, 0.2) is 0 Å².